The van der Waals surface area contributed by atoms with Crippen molar-refractivity contribution in [3.63, 3.8) is 0 Å². The summed E-state index contributed by atoms with van der Waals surface area (Å²) in [4.78, 5) is 5.40. The third-order valence-electron chi connectivity index (χ3n) is 4.10. The van der Waals surface area contributed by atoms with Crippen LogP contribution in [-0.4, -0.2) is 22.0 Å². The lowest BCUT2D eigenvalue weighted by Gasteiger charge is -2.22. The molecule has 2 aromatic heterocycles. The Labute approximate surface area is 158 Å². The average molecular weight is 389 g/mol. The van der Waals surface area contributed by atoms with Crippen molar-refractivity contribution in [2.75, 3.05) is 22.8 Å². The Balaban J connectivity index is 1.82. The lowest BCUT2D eigenvalue weighted by Crippen LogP contribution is -2.32. The van der Waals surface area contributed by atoms with Crippen LogP contribution < -0.4 is 14.2 Å². The fourth-order valence-corrected chi connectivity index (χ4v) is 4.86. The number of hydrogen-bond donors (Lipinski definition) is 0. The van der Waals surface area contributed by atoms with Crippen LogP contribution in [0.5, 0.6) is 0 Å². The number of rotatable bonds is 7. The Morgan fingerprint density at radius 1 is 1.08 bits per heavy atom. The minimum atomic E-state index is -3.61. The van der Waals surface area contributed by atoms with Crippen LogP contribution in [0.2, 0.25) is 0 Å². The maximum absolute atomic E-state index is 13.0. The van der Waals surface area contributed by atoms with Crippen LogP contribution in [0.4, 0.5) is 11.5 Å². The quantitative estimate of drug-likeness (QED) is 0.623. The molecule has 3 aromatic rings. The smallest absolute Gasteiger partial charge is 0.267 e. The van der Waals surface area contributed by atoms with E-state index in [9.17, 15) is 8.42 Å². The number of sulfonamides is 1. The van der Waals surface area contributed by atoms with Crippen molar-refractivity contribution in [3.8, 4) is 0 Å². The number of hydrogen-bond acceptors (Lipinski definition) is 4. The van der Waals surface area contributed by atoms with Gasteiger partial charge in [-0.1, -0.05) is 18.2 Å². The first kappa shape index (κ1) is 18.4. The topological polar surface area (TPSA) is 54.8 Å². The van der Waals surface area contributed by atoms with Crippen molar-refractivity contribution in [1.29, 1.82) is 0 Å². The van der Waals surface area contributed by atoms with Crippen LogP contribution in [0, 0.1) is 0 Å². The van der Waals surface area contributed by atoms with Gasteiger partial charge in [-0.25, -0.2) is 13.4 Å². The van der Waals surface area contributed by atoms with Gasteiger partial charge in [0.15, 0.2) is 0 Å². The highest BCUT2D eigenvalue weighted by Crippen LogP contribution is 2.23. The summed E-state index contributed by atoms with van der Waals surface area (Å²) in [6.07, 6.45) is 1.56. The maximum atomic E-state index is 13.0. The monoisotopic (exact) mass is 388 g/mol. The molecule has 0 aliphatic heterocycles. The first-order chi connectivity index (χ1) is 12.5. The summed E-state index contributed by atoms with van der Waals surface area (Å²) in [5.41, 5.74) is 1.89. The summed E-state index contributed by atoms with van der Waals surface area (Å²) in [6.45, 7) is 2.96. The second kappa shape index (κ2) is 7.88. The number of thiophene rings is 1. The number of aromatic nitrogens is 1. The Kier molecular flexibility index (Phi) is 5.58. The summed E-state index contributed by atoms with van der Waals surface area (Å²) in [5.74, 6) is 0.859. The summed E-state index contributed by atoms with van der Waals surface area (Å²) < 4.78 is 27.4. The summed E-state index contributed by atoms with van der Waals surface area (Å²) in [6, 6.07) is 14.7. The zero-order valence-corrected chi connectivity index (χ0v) is 16.4. The molecule has 0 unspecified atom stereocenters. The van der Waals surface area contributed by atoms with Crippen molar-refractivity contribution < 1.29 is 13.4 Å². The molecule has 0 atom stereocenters. The van der Waals surface area contributed by atoms with Gasteiger partial charge in [-0.3, -0.25) is 9.21 Å². The summed E-state index contributed by atoms with van der Waals surface area (Å²) in [5, 5.41) is 4.15. The van der Waals surface area contributed by atoms with Gasteiger partial charge in [0.25, 0.3) is 15.8 Å². The second-order valence-corrected chi connectivity index (χ2v) is 8.54. The van der Waals surface area contributed by atoms with Crippen LogP contribution in [0.25, 0.3) is 0 Å². The SMILES string of the molecule is CCN(c1ccccc1)S(=O)(=O)c1ccc(N(C)Cc2ccsc2)[nH+]c1. The number of aromatic amines is 1. The molecule has 3 rings (SSSR count). The van der Waals surface area contributed by atoms with Gasteiger partial charge in [0.2, 0.25) is 0 Å². The van der Waals surface area contributed by atoms with E-state index in [1.807, 2.05) is 42.5 Å². The molecule has 2 heterocycles. The van der Waals surface area contributed by atoms with Gasteiger partial charge >= 0.3 is 0 Å². The summed E-state index contributed by atoms with van der Waals surface area (Å²) >= 11 is 1.66. The van der Waals surface area contributed by atoms with E-state index in [0.717, 1.165) is 12.4 Å². The molecule has 0 saturated carbocycles. The number of H-pyrrole nitrogens is 1. The van der Waals surface area contributed by atoms with Crippen molar-refractivity contribution in [2.45, 2.75) is 18.4 Å². The minimum absolute atomic E-state index is 0.246. The van der Waals surface area contributed by atoms with Crippen LogP contribution in [-0.2, 0) is 16.6 Å². The number of nitrogens with zero attached hydrogens (tertiary/aromatic N) is 2. The minimum Gasteiger partial charge on any atom is -0.267 e. The van der Waals surface area contributed by atoms with E-state index in [1.54, 1.807) is 41.8 Å². The van der Waals surface area contributed by atoms with E-state index in [0.29, 0.717) is 12.2 Å². The predicted molar refractivity (Wildman–Crippen MR) is 106 cm³/mol. The molecule has 0 fully saturated rings. The zero-order chi connectivity index (χ0) is 18.6. The van der Waals surface area contributed by atoms with Gasteiger partial charge < -0.3 is 0 Å². The zero-order valence-electron chi connectivity index (χ0n) is 14.8. The molecule has 26 heavy (non-hydrogen) atoms. The van der Waals surface area contributed by atoms with E-state index < -0.39 is 10.0 Å². The molecular formula is C19H22N3O2S2+. The van der Waals surface area contributed by atoms with E-state index in [-0.39, 0.29) is 4.90 Å². The van der Waals surface area contributed by atoms with Crippen molar-refractivity contribution in [2.24, 2.45) is 0 Å². The lowest BCUT2D eigenvalue weighted by atomic mass is 10.3. The van der Waals surface area contributed by atoms with Gasteiger partial charge in [-0.2, -0.15) is 11.3 Å². The van der Waals surface area contributed by atoms with Gasteiger partial charge in [0, 0.05) is 18.2 Å². The molecule has 0 aliphatic rings. The average Bonchev–Trinajstić information content (AvgIpc) is 3.16. The predicted octanol–water partition coefficient (Wildman–Crippen LogP) is 3.41. The molecule has 0 amide bonds. The van der Waals surface area contributed by atoms with Gasteiger partial charge in [-0.15, -0.1) is 0 Å². The molecule has 1 N–H and O–H groups in total. The Hall–Kier alpha value is -2.38. The number of benzene rings is 1. The largest absolute Gasteiger partial charge is 0.274 e. The molecule has 0 saturated heterocycles. The van der Waals surface area contributed by atoms with Crippen molar-refractivity contribution in [1.82, 2.24) is 0 Å². The fraction of sp³-hybridized carbons (Fsp3) is 0.211. The third kappa shape index (κ3) is 3.89. The first-order valence-corrected chi connectivity index (χ1v) is 10.7. The number of pyridine rings is 1. The normalized spacial score (nSPS) is 11.3. The highest BCUT2D eigenvalue weighted by Gasteiger charge is 2.25. The Morgan fingerprint density at radius 2 is 1.85 bits per heavy atom. The standard InChI is InChI=1S/C19H21N3O2S2/c1-3-22(17-7-5-4-6-8-17)26(23,24)18-9-10-19(20-13-18)21(2)14-16-11-12-25-15-16/h4-13,15H,3,14H2,1-2H3/p+1. The number of anilines is 2. The maximum Gasteiger partial charge on any atom is 0.274 e. The van der Waals surface area contributed by atoms with E-state index in [1.165, 1.54) is 9.87 Å². The number of para-hydroxylation sites is 1. The van der Waals surface area contributed by atoms with Crippen molar-refractivity contribution in [3.05, 3.63) is 71.1 Å². The molecule has 136 valence electrons. The number of nitrogens with one attached hydrogen (secondary N) is 1. The van der Waals surface area contributed by atoms with Crippen LogP contribution >= 0.6 is 11.3 Å². The Bertz CT molecular complexity index is 925. The molecule has 0 radical (unpaired) electrons. The highest BCUT2D eigenvalue weighted by molar-refractivity contribution is 7.92. The molecule has 0 bridgehead atoms. The molecular weight excluding hydrogens is 366 g/mol. The molecule has 7 heteroatoms. The molecule has 0 aliphatic carbocycles. The lowest BCUT2D eigenvalue weighted by molar-refractivity contribution is -0.367. The first-order valence-electron chi connectivity index (χ1n) is 8.34. The Morgan fingerprint density at radius 3 is 2.42 bits per heavy atom. The van der Waals surface area contributed by atoms with Gasteiger partial charge in [0.1, 0.15) is 17.6 Å². The van der Waals surface area contributed by atoms with E-state index >= 15 is 0 Å². The fourth-order valence-electron chi connectivity index (χ4n) is 2.75. The van der Waals surface area contributed by atoms with E-state index in [2.05, 4.69) is 16.4 Å². The molecule has 1 aromatic carbocycles. The third-order valence-corrected chi connectivity index (χ3v) is 6.73. The van der Waals surface area contributed by atoms with Crippen LogP contribution in [0.3, 0.4) is 0 Å². The molecule has 5 nitrogen and oxygen atoms in total. The van der Waals surface area contributed by atoms with Gasteiger partial charge in [-0.05, 0) is 41.9 Å². The van der Waals surface area contributed by atoms with Gasteiger partial charge in [0.05, 0.1) is 12.7 Å². The van der Waals surface area contributed by atoms with Crippen LogP contribution in [0.15, 0.2) is 70.4 Å². The second-order valence-electron chi connectivity index (χ2n) is 5.90. The highest BCUT2D eigenvalue weighted by atomic mass is 32.2. The summed E-state index contributed by atoms with van der Waals surface area (Å²) in [7, 11) is -1.64. The van der Waals surface area contributed by atoms with E-state index in [4.69, 9.17) is 0 Å². The van der Waals surface area contributed by atoms with Crippen molar-refractivity contribution >= 4 is 32.9 Å². The van der Waals surface area contributed by atoms with Crippen LogP contribution in [0.1, 0.15) is 12.5 Å². The molecule has 0 spiro atoms.